The molecule has 2 atom stereocenters. The number of hydrogen-bond acceptors (Lipinski definition) is 4. The zero-order valence-electron chi connectivity index (χ0n) is 14.7. The van der Waals surface area contributed by atoms with Crippen LogP contribution in [0.25, 0.3) is 0 Å². The summed E-state index contributed by atoms with van der Waals surface area (Å²) < 4.78 is 33.7. The van der Waals surface area contributed by atoms with Gasteiger partial charge >= 0.3 is 51.4 Å². The first kappa shape index (κ1) is 25.7. The van der Waals surface area contributed by atoms with Gasteiger partial charge in [0.1, 0.15) is 0 Å². The minimum atomic E-state index is -4.15. The van der Waals surface area contributed by atoms with Crippen molar-refractivity contribution >= 4 is 10.1 Å². The Balaban J connectivity index is 0. The minimum absolute atomic E-state index is 0. The summed E-state index contributed by atoms with van der Waals surface area (Å²) in [6.07, 6.45) is 10.1. The van der Waals surface area contributed by atoms with E-state index in [-0.39, 0.29) is 57.5 Å². The van der Waals surface area contributed by atoms with Gasteiger partial charge < -0.3 is 9.66 Å². The van der Waals surface area contributed by atoms with Crippen molar-refractivity contribution in [3.05, 3.63) is 0 Å². The van der Waals surface area contributed by atoms with Gasteiger partial charge in [0.15, 0.2) is 0 Å². The largest absolute Gasteiger partial charge is 1.00 e. The van der Waals surface area contributed by atoms with E-state index in [1.54, 1.807) is 0 Å². The van der Waals surface area contributed by atoms with Crippen molar-refractivity contribution in [2.45, 2.75) is 102 Å². The first-order valence-corrected chi connectivity index (χ1v) is 10.0. The van der Waals surface area contributed by atoms with Gasteiger partial charge in [-0.3, -0.25) is 0 Å². The van der Waals surface area contributed by atoms with Crippen molar-refractivity contribution in [2.75, 3.05) is 0 Å². The molecule has 0 fully saturated rings. The molecule has 0 rings (SSSR count). The van der Waals surface area contributed by atoms with Gasteiger partial charge in [-0.2, -0.15) is 0 Å². The molecule has 1 N–H and O–H groups in total. The molecule has 0 saturated carbocycles. The Morgan fingerprint density at radius 1 is 0.818 bits per heavy atom. The van der Waals surface area contributed by atoms with Crippen LogP contribution in [0.5, 0.6) is 0 Å². The zero-order valence-corrected chi connectivity index (χ0v) is 18.7. The number of aliphatic hydroxyl groups excluding tert-OH is 1. The van der Waals surface area contributed by atoms with Crippen LogP contribution >= 0.6 is 0 Å². The third-order valence-electron chi connectivity index (χ3n) is 3.97. The monoisotopic (exact) mass is 360 g/mol. The Hall–Kier alpha value is 1.51. The van der Waals surface area contributed by atoms with Crippen molar-refractivity contribution in [3.8, 4) is 0 Å². The molecule has 0 aromatic carbocycles. The van der Waals surface area contributed by atoms with Gasteiger partial charge in [-0.05, 0) is 25.7 Å². The van der Waals surface area contributed by atoms with Crippen LogP contribution in [0.3, 0.4) is 0 Å². The first-order chi connectivity index (χ1) is 9.91. The molecule has 22 heavy (non-hydrogen) atoms. The van der Waals surface area contributed by atoms with Crippen molar-refractivity contribution in [3.63, 3.8) is 0 Å². The predicted octanol–water partition coefficient (Wildman–Crippen LogP) is 0.986. The van der Waals surface area contributed by atoms with Gasteiger partial charge in [-0.25, -0.2) is 8.42 Å². The number of rotatable bonds is 14. The molecule has 0 aromatic heterocycles. The van der Waals surface area contributed by atoms with Crippen LogP contribution < -0.4 is 51.4 Å². The van der Waals surface area contributed by atoms with Crippen LogP contribution in [0.1, 0.15) is 90.9 Å². The summed E-state index contributed by atoms with van der Waals surface area (Å²) in [6, 6.07) is 0. The van der Waals surface area contributed by atoms with E-state index in [1.165, 1.54) is 0 Å². The fourth-order valence-electron chi connectivity index (χ4n) is 2.64. The van der Waals surface area contributed by atoms with Crippen molar-refractivity contribution in [2.24, 2.45) is 0 Å². The second-order valence-electron chi connectivity index (χ2n) is 6.04. The fraction of sp³-hybridized carbons (Fsp3) is 1.00. The van der Waals surface area contributed by atoms with Crippen molar-refractivity contribution in [1.29, 1.82) is 0 Å². The number of aliphatic hydroxyl groups is 1. The third-order valence-corrected chi connectivity index (χ3v) is 5.26. The Labute approximate surface area is 180 Å². The van der Waals surface area contributed by atoms with Gasteiger partial charge in [-0.1, -0.05) is 65.2 Å². The van der Waals surface area contributed by atoms with E-state index >= 15 is 0 Å². The van der Waals surface area contributed by atoms with Gasteiger partial charge in [0.05, 0.1) is 16.2 Å². The molecule has 0 aliphatic heterocycles. The molecular formula is C16H33KO4S. The molecule has 0 saturated heterocycles. The fourth-order valence-corrected chi connectivity index (χ4v) is 3.55. The summed E-state index contributed by atoms with van der Waals surface area (Å²) in [7, 11) is -4.15. The maximum atomic E-state index is 11.2. The average molecular weight is 361 g/mol. The Bertz CT molecular complexity index is 333. The number of unbranched alkanes of at least 4 members (excludes halogenated alkanes) is 5. The van der Waals surface area contributed by atoms with Crippen LogP contribution in [-0.4, -0.2) is 29.4 Å². The average Bonchev–Trinajstić information content (AvgIpc) is 2.39. The SMILES string of the molecule is CCCCCC(CCCCCCC(O)CCC)S(=O)(=O)[O-].[K+]. The second kappa shape index (κ2) is 16.0. The standard InChI is InChI=1S/C16H34O4S.K/c1-3-5-8-13-16(21(18,19)20)14-10-7-6-9-12-15(17)11-4-2;/h15-17H,3-14H2,1-2H3,(H,18,19,20);/q;+1/p-1. The summed E-state index contributed by atoms with van der Waals surface area (Å²) >= 11 is 0. The summed E-state index contributed by atoms with van der Waals surface area (Å²) in [6.45, 7) is 4.12. The molecule has 0 bridgehead atoms. The maximum Gasteiger partial charge on any atom is 1.00 e. The Morgan fingerprint density at radius 3 is 1.77 bits per heavy atom. The Morgan fingerprint density at radius 2 is 1.32 bits per heavy atom. The van der Waals surface area contributed by atoms with E-state index in [2.05, 4.69) is 13.8 Å². The molecular weight excluding hydrogens is 327 g/mol. The van der Waals surface area contributed by atoms with E-state index in [9.17, 15) is 18.1 Å². The van der Waals surface area contributed by atoms with E-state index in [0.29, 0.717) is 12.8 Å². The molecule has 0 aromatic rings. The van der Waals surface area contributed by atoms with Gasteiger partial charge in [0, 0.05) is 5.25 Å². The molecule has 0 spiro atoms. The summed E-state index contributed by atoms with van der Waals surface area (Å²) in [4.78, 5) is 0. The van der Waals surface area contributed by atoms with E-state index in [4.69, 9.17) is 0 Å². The summed E-state index contributed by atoms with van der Waals surface area (Å²) in [5, 5.41) is 8.90. The van der Waals surface area contributed by atoms with Crippen molar-refractivity contribution in [1.82, 2.24) is 0 Å². The second-order valence-corrected chi connectivity index (χ2v) is 7.70. The topological polar surface area (TPSA) is 77.4 Å². The smallest absolute Gasteiger partial charge is 0.748 e. The van der Waals surface area contributed by atoms with Crippen LogP contribution in [0.4, 0.5) is 0 Å². The molecule has 0 aliphatic rings. The molecule has 0 heterocycles. The van der Waals surface area contributed by atoms with Crippen molar-refractivity contribution < 1.29 is 69.5 Å². The molecule has 0 radical (unpaired) electrons. The van der Waals surface area contributed by atoms with Crippen LogP contribution in [-0.2, 0) is 10.1 Å². The van der Waals surface area contributed by atoms with Gasteiger partial charge in [0.25, 0.3) is 0 Å². The van der Waals surface area contributed by atoms with Gasteiger partial charge in [0.2, 0.25) is 0 Å². The molecule has 2 unspecified atom stereocenters. The van der Waals surface area contributed by atoms with E-state index < -0.39 is 15.4 Å². The van der Waals surface area contributed by atoms with Gasteiger partial charge in [-0.15, -0.1) is 0 Å². The number of hydrogen-bond donors (Lipinski definition) is 1. The molecule has 0 amide bonds. The first-order valence-electron chi connectivity index (χ1n) is 8.54. The van der Waals surface area contributed by atoms with Crippen LogP contribution in [0.15, 0.2) is 0 Å². The van der Waals surface area contributed by atoms with E-state index in [1.807, 2.05) is 0 Å². The minimum Gasteiger partial charge on any atom is -0.748 e. The molecule has 4 nitrogen and oxygen atoms in total. The maximum absolute atomic E-state index is 11.2. The van der Waals surface area contributed by atoms with E-state index in [0.717, 1.165) is 64.2 Å². The third kappa shape index (κ3) is 15.1. The quantitative estimate of drug-likeness (QED) is 0.285. The zero-order chi connectivity index (χ0) is 16.1. The molecule has 6 heteroatoms. The molecule has 0 aliphatic carbocycles. The van der Waals surface area contributed by atoms with Crippen LogP contribution in [0, 0.1) is 0 Å². The molecule has 128 valence electrons. The predicted molar refractivity (Wildman–Crippen MR) is 86.2 cm³/mol. The van der Waals surface area contributed by atoms with Crippen LogP contribution in [0.2, 0.25) is 0 Å². The Kier molecular flexibility index (Phi) is 18.7. The summed E-state index contributed by atoms with van der Waals surface area (Å²) in [5.41, 5.74) is 0. The normalized spacial score (nSPS) is 14.4. The summed E-state index contributed by atoms with van der Waals surface area (Å²) in [5.74, 6) is 0.